The van der Waals surface area contributed by atoms with Gasteiger partial charge in [0.2, 0.25) is 0 Å². The third-order valence-electron chi connectivity index (χ3n) is 3.14. The molecule has 98 valence electrons. The van der Waals surface area contributed by atoms with E-state index in [-0.39, 0.29) is 17.6 Å². The van der Waals surface area contributed by atoms with Crippen molar-refractivity contribution in [2.75, 3.05) is 0 Å². The van der Waals surface area contributed by atoms with Crippen LogP contribution in [0.4, 0.5) is 0 Å². The predicted molar refractivity (Wildman–Crippen MR) is 66.2 cm³/mol. The second-order valence-corrected chi connectivity index (χ2v) is 4.73. The van der Waals surface area contributed by atoms with Crippen molar-refractivity contribution in [2.45, 2.75) is 25.8 Å². The minimum Gasteiger partial charge on any atom is -0.364 e. The highest BCUT2D eigenvalue weighted by Gasteiger charge is 2.35. The lowest BCUT2D eigenvalue weighted by Crippen LogP contribution is -2.31. The van der Waals surface area contributed by atoms with E-state index < -0.39 is 0 Å². The summed E-state index contributed by atoms with van der Waals surface area (Å²) < 4.78 is 4.68. The van der Waals surface area contributed by atoms with Crippen LogP contribution in [0.1, 0.15) is 40.9 Å². The Morgan fingerprint density at radius 3 is 2.95 bits per heavy atom. The lowest BCUT2D eigenvalue weighted by atomic mass is 10.1. The largest absolute Gasteiger partial charge is 0.364 e. The van der Waals surface area contributed by atoms with Crippen LogP contribution in [0.5, 0.6) is 0 Å². The van der Waals surface area contributed by atoms with E-state index in [0.29, 0.717) is 11.7 Å². The molecular formula is C13H14N4O2. The molecule has 1 aliphatic carbocycles. The van der Waals surface area contributed by atoms with Gasteiger partial charge in [-0.3, -0.25) is 4.79 Å². The second kappa shape index (κ2) is 4.79. The van der Waals surface area contributed by atoms with Crippen molar-refractivity contribution in [2.24, 2.45) is 5.92 Å². The van der Waals surface area contributed by atoms with Gasteiger partial charge in [-0.05, 0) is 31.7 Å². The Labute approximate surface area is 110 Å². The van der Waals surface area contributed by atoms with E-state index in [4.69, 9.17) is 0 Å². The zero-order valence-corrected chi connectivity index (χ0v) is 10.5. The first-order valence-corrected chi connectivity index (χ1v) is 6.25. The van der Waals surface area contributed by atoms with Crippen molar-refractivity contribution >= 4 is 5.91 Å². The zero-order chi connectivity index (χ0) is 13.2. The molecule has 0 saturated heterocycles. The summed E-state index contributed by atoms with van der Waals surface area (Å²) in [5, 5.41) is 6.57. The van der Waals surface area contributed by atoms with Crippen LogP contribution in [-0.2, 0) is 0 Å². The van der Waals surface area contributed by atoms with E-state index in [1.54, 1.807) is 6.20 Å². The second-order valence-electron chi connectivity index (χ2n) is 4.73. The molecule has 6 nitrogen and oxygen atoms in total. The van der Waals surface area contributed by atoms with Gasteiger partial charge in [-0.1, -0.05) is 5.16 Å². The van der Waals surface area contributed by atoms with Gasteiger partial charge in [0.1, 0.15) is 6.26 Å². The maximum atomic E-state index is 12.0. The molecule has 1 amide bonds. The van der Waals surface area contributed by atoms with Crippen LogP contribution in [0.25, 0.3) is 0 Å². The number of amides is 1. The van der Waals surface area contributed by atoms with Gasteiger partial charge in [-0.25, -0.2) is 9.97 Å². The standard InChI is InChI=1S/C13H14N4O2/c1-8-4-6-14-12(15-8)11(9-2-3-9)16-13(18)10-5-7-19-17-10/h4-7,9,11H,2-3H2,1H3,(H,16,18)/t11-/m1/s1. The summed E-state index contributed by atoms with van der Waals surface area (Å²) in [5.41, 5.74) is 1.17. The molecule has 0 aromatic carbocycles. The first-order valence-electron chi connectivity index (χ1n) is 6.25. The molecule has 2 heterocycles. The van der Waals surface area contributed by atoms with Crippen LogP contribution >= 0.6 is 0 Å². The lowest BCUT2D eigenvalue weighted by molar-refractivity contribution is 0.0920. The van der Waals surface area contributed by atoms with Crippen LogP contribution in [0, 0.1) is 12.8 Å². The first kappa shape index (κ1) is 11.8. The highest BCUT2D eigenvalue weighted by Crippen LogP contribution is 2.39. The summed E-state index contributed by atoms with van der Waals surface area (Å²) in [6.45, 7) is 1.91. The lowest BCUT2D eigenvalue weighted by Gasteiger charge is -2.16. The zero-order valence-electron chi connectivity index (χ0n) is 10.5. The van der Waals surface area contributed by atoms with Gasteiger partial charge in [-0.2, -0.15) is 0 Å². The fourth-order valence-electron chi connectivity index (χ4n) is 1.99. The molecule has 0 unspecified atom stereocenters. The van der Waals surface area contributed by atoms with E-state index in [2.05, 4.69) is 25.0 Å². The van der Waals surface area contributed by atoms with Crippen molar-refractivity contribution in [3.8, 4) is 0 Å². The molecule has 0 spiro atoms. The van der Waals surface area contributed by atoms with Crippen molar-refractivity contribution < 1.29 is 9.32 Å². The maximum absolute atomic E-state index is 12.0. The molecule has 2 aromatic rings. The van der Waals surface area contributed by atoms with E-state index in [1.165, 1.54) is 12.3 Å². The van der Waals surface area contributed by atoms with E-state index >= 15 is 0 Å². The Morgan fingerprint density at radius 2 is 2.32 bits per heavy atom. The third kappa shape index (κ3) is 2.62. The van der Waals surface area contributed by atoms with Gasteiger partial charge in [-0.15, -0.1) is 0 Å². The van der Waals surface area contributed by atoms with E-state index in [9.17, 15) is 4.79 Å². The summed E-state index contributed by atoms with van der Waals surface area (Å²) in [5.74, 6) is 0.827. The molecule has 0 bridgehead atoms. The van der Waals surface area contributed by atoms with Gasteiger partial charge >= 0.3 is 0 Å². The molecule has 1 aliphatic rings. The normalized spacial score (nSPS) is 16.1. The molecule has 1 N–H and O–H groups in total. The Morgan fingerprint density at radius 1 is 1.47 bits per heavy atom. The van der Waals surface area contributed by atoms with E-state index in [0.717, 1.165) is 18.5 Å². The van der Waals surface area contributed by atoms with Crippen molar-refractivity contribution in [1.29, 1.82) is 0 Å². The number of carbonyl (C=O) groups excluding carboxylic acids is 1. The molecule has 3 rings (SSSR count). The van der Waals surface area contributed by atoms with Crippen LogP contribution in [-0.4, -0.2) is 21.0 Å². The SMILES string of the molecule is Cc1ccnc([C@H](NC(=O)c2ccon2)C2CC2)n1. The molecule has 0 aliphatic heterocycles. The Bertz CT molecular complexity index is 578. The number of hydrogen-bond acceptors (Lipinski definition) is 5. The van der Waals surface area contributed by atoms with Crippen molar-refractivity contribution in [3.63, 3.8) is 0 Å². The number of aromatic nitrogens is 3. The number of carbonyl (C=O) groups is 1. The number of nitrogens with one attached hydrogen (secondary N) is 1. The van der Waals surface area contributed by atoms with Crippen molar-refractivity contribution in [3.05, 3.63) is 41.8 Å². The summed E-state index contributed by atoms with van der Waals surface area (Å²) in [6, 6.07) is 3.23. The Hall–Kier alpha value is -2.24. The Balaban J connectivity index is 1.80. The maximum Gasteiger partial charge on any atom is 0.274 e. The summed E-state index contributed by atoms with van der Waals surface area (Å²) in [6.07, 6.45) is 5.27. The van der Waals surface area contributed by atoms with Gasteiger partial charge in [0, 0.05) is 18.0 Å². The van der Waals surface area contributed by atoms with Crippen LogP contribution in [0.3, 0.4) is 0 Å². The van der Waals surface area contributed by atoms with Gasteiger partial charge in [0.05, 0.1) is 6.04 Å². The predicted octanol–water partition coefficient (Wildman–Crippen LogP) is 1.65. The van der Waals surface area contributed by atoms with Gasteiger partial charge in [0.25, 0.3) is 5.91 Å². The highest BCUT2D eigenvalue weighted by atomic mass is 16.5. The number of nitrogens with zero attached hydrogens (tertiary/aromatic N) is 3. The number of hydrogen-bond donors (Lipinski definition) is 1. The fraction of sp³-hybridized carbons (Fsp3) is 0.385. The summed E-state index contributed by atoms with van der Waals surface area (Å²) in [4.78, 5) is 20.7. The van der Waals surface area contributed by atoms with Gasteiger partial charge < -0.3 is 9.84 Å². The Kier molecular flexibility index (Phi) is 2.98. The van der Waals surface area contributed by atoms with E-state index in [1.807, 2.05) is 13.0 Å². The molecule has 6 heteroatoms. The minimum atomic E-state index is -0.254. The summed E-state index contributed by atoms with van der Waals surface area (Å²) in [7, 11) is 0. The molecule has 1 saturated carbocycles. The molecule has 2 aromatic heterocycles. The number of rotatable bonds is 4. The quantitative estimate of drug-likeness (QED) is 0.901. The fourth-order valence-corrected chi connectivity index (χ4v) is 1.99. The average Bonchev–Trinajstić information content (AvgIpc) is 3.09. The molecular weight excluding hydrogens is 244 g/mol. The molecule has 1 fully saturated rings. The molecule has 19 heavy (non-hydrogen) atoms. The number of aryl methyl sites for hydroxylation is 1. The smallest absolute Gasteiger partial charge is 0.274 e. The van der Waals surface area contributed by atoms with Crippen molar-refractivity contribution in [1.82, 2.24) is 20.4 Å². The van der Waals surface area contributed by atoms with Crippen LogP contribution in [0.2, 0.25) is 0 Å². The van der Waals surface area contributed by atoms with Gasteiger partial charge in [0.15, 0.2) is 11.5 Å². The average molecular weight is 258 g/mol. The minimum absolute atomic E-state index is 0.149. The third-order valence-corrected chi connectivity index (χ3v) is 3.14. The topological polar surface area (TPSA) is 80.9 Å². The molecule has 1 atom stereocenters. The summed E-state index contributed by atoms with van der Waals surface area (Å²) >= 11 is 0. The monoisotopic (exact) mass is 258 g/mol. The van der Waals surface area contributed by atoms with Crippen LogP contribution < -0.4 is 5.32 Å². The molecule has 0 radical (unpaired) electrons. The highest BCUT2D eigenvalue weighted by molar-refractivity contribution is 5.92. The first-order chi connectivity index (χ1) is 9.24. The van der Waals surface area contributed by atoms with Crippen LogP contribution in [0.15, 0.2) is 29.1 Å².